The number of nitrogens with zero attached hydrogens (tertiary/aromatic N) is 3. The molecule has 0 saturated carbocycles. The van der Waals surface area contributed by atoms with E-state index in [0.717, 1.165) is 17.7 Å². The summed E-state index contributed by atoms with van der Waals surface area (Å²) >= 11 is 0. The Morgan fingerprint density at radius 2 is 1.91 bits per heavy atom. The lowest BCUT2D eigenvalue weighted by Crippen LogP contribution is -2.45. The molecule has 33 heavy (non-hydrogen) atoms. The molecule has 4 rings (SSSR count). The number of halogens is 2. The highest BCUT2D eigenvalue weighted by molar-refractivity contribution is 6.02. The number of methoxy groups -OCH3 is 1. The Kier molecular flexibility index (Phi) is 6.53. The number of hydrogen-bond donors (Lipinski definition) is 2. The van der Waals surface area contributed by atoms with Crippen LogP contribution in [-0.2, 0) is 18.4 Å². The molecule has 10 heteroatoms. The molecule has 2 aromatic carbocycles. The minimum atomic E-state index is -0.868. The van der Waals surface area contributed by atoms with Crippen molar-refractivity contribution >= 4 is 17.7 Å². The number of hydrogen-bond acceptors (Lipinski definition) is 6. The van der Waals surface area contributed by atoms with E-state index in [0.29, 0.717) is 11.7 Å². The Morgan fingerprint density at radius 1 is 1.18 bits per heavy atom. The van der Waals surface area contributed by atoms with Gasteiger partial charge in [-0.05, 0) is 5.56 Å². The van der Waals surface area contributed by atoms with Crippen LogP contribution in [0.5, 0.6) is 5.75 Å². The maximum absolute atomic E-state index is 14.8. The molecule has 0 aliphatic carbocycles. The summed E-state index contributed by atoms with van der Waals surface area (Å²) in [5, 5.41) is 9.97. The third-order valence-corrected chi connectivity index (χ3v) is 5.27. The largest absolute Gasteiger partial charge is 0.497 e. The number of benzene rings is 2. The van der Waals surface area contributed by atoms with Crippen molar-refractivity contribution in [1.29, 1.82) is 0 Å². The van der Waals surface area contributed by atoms with Gasteiger partial charge < -0.3 is 20.1 Å². The van der Waals surface area contributed by atoms with Crippen LogP contribution in [0.15, 0.2) is 59.7 Å². The topological polar surface area (TPSA) is 89.8 Å². The number of carbonyl (C=O) groups is 1. The van der Waals surface area contributed by atoms with Crippen LogP contribution in [0.4, 0.5) is 19.4 Å². The molecule has 0 saturated heterocycles. The lowest BCUT2D eigenvalue weighted by Gasteiger charge is -2.23. The van der Waals surface area contributed by atoms with Crippen molar-refractivity contribution in [2.45, 2.75) is 18.6 Å². The molecule has 172 valence electrons. The van der Waals surface area contributed by atoms with E-state index in [1.165, 1.54) is 7.11 Å². The van der Waals surface area contributed by atoms with Crippen LogP contribution in [0, 0.1) is 11.6 Å². The van der Waals surface area contributed by atoms with Gasteiger partial charge >= 0.3 is 6.09 Å². The van der Waals surface area contributed by atoms with E-state index in [9.17, 15) is 13.6 Å². The molecule has 3 aromatic rings. The fourth-order valence-electron chi connectivity index (χ4n) is 3.67. The fraction of sp³-hybridized carbons (Fsp3) is 0.261. The number of aryl methyl sites for hydroxylation is 1. The molecule has 1 aromatic heterocycles. The SMILES string of the molecule is COc1cc(F)c([C@@H]2CN=C(Nc3ccn(C)n3)[C@H]2NC(=O)OCc2ccccc2)c(F)c1. The first-order valence-corrected chi connectivity index (χ1v) is 10.3. The van der Waals surface area contributed by atoms with E-state index in [1.807, 2.05) is 30.3 Å². The highest BCUT2D eigenvalue weighted by atomic mass is 19.1. The van der Waals surface area contributed by atoms with Gasteiger partial charge in [-0.3, -0.25) is 9.67 Å². The number of aromatic nitrogens is 2. The lowest BCUT2D eigenvalue weighted by molar-refractivity contribution is 0.137. The highest BCUT2D eigenvalue weighted by Crippen LogP contribution is 2.33. The van der Waals surface area contributed by atoms with Gasteiger partial charge in [-0.2, -0.15) is 5.10 Å². The number of rotatable bonds is 6. The predicted molar refractivity (Wildman–Crippen MR) is 118 cm³/mol. The summed E-state index contributed by atoms with van der Waals surface area (Å²) < 4.78 is 41.5. The normalized spacial score (nSPS) is 17.4. The fourth-order valence-corrected chi connectivity index (χ4v) is 3.67. The quantitative estimate of drug-likeness (QED) is 0.593. The first kappa shape index (κ1) is 22.3. The third-order valence-electron chi connectivity index (χ3n) is 5.27. The van der Waals surface area contributed by atoms with Crippen LogP contribution in [0.3, 0.4) is 0 Å². The summed E-state index contributed by atoms with van der Waals surface area (Å²) in [7, 11) is 3.08. The number of aliphatic imine (C=N–C) groups is 1. The minimum Gasteiger partial charge on any atom is -0.497 e. The van der Waals surface area contributed by atoms with E-state index in [4.69, 9.17) is 9.47 Å². The molecule has 0 spiro atoms. The van der Waals surface area contributed by atoms with Gasteiger partial charge in [0, 0.05) is 42.9 Å². The highest BCUT2D eigenvalue weighted by Gasteiger charge is 2.38. The zero-order chi connectivity index (χ0) is 23.4. The molecule has 8 nitrogen and oxygen atoms in total. The molecular weight excluding hydrogens is 432 g/mol. The molecule has 2 N–H and O–H groups in total. The zero-order valence-corrected chi connectivity index (χ0v) is 18.1. The van der Waals surface area contributed by atoms with Gasteiger partial charge in [0.1, 0.15) is 29.8 Å². The predicted octanol–water partition coefficient (Wildman–Crippen LogP) is 3.61. The Bertz CT molecular complexity index is 1140. The van der Waals surface area contributed by atoms with Crippen LogP contribution in [0.25, 0.3) is 0 Å². The van der Waals surface area contributed by atoms with Gasteiger partial charge in [0.05, 0.1) is 19.7 Å². The van der Waals surface area contributed by atoms with E-state index in [1.54, 1.807) is 24.0 Å². The number of amides is 1. The average molecular weight is 455 g/mol. The average Bonchev–Trinajstić information content (AvgIpc) is 3.39. The van der Waals surface area contributed by atoms with Gasteiger partial charge in [-0.1, -0.05) is 30.3 Å². The maximum atomic E-state index is 14.8. The van der Waals surface area contributed by atoms with Gasteiger partial charge in [-0.15, -0.1) is 0 Å². The standard InChI is InChI=1S/C23H23F2N5O3/c1-30-9-8-19(29-30)27-22-21(28-23(31)33-13-14-6-4-3-5-7-14)16(12-26-22)20-17(24)10-15(32-2)11-18(20)25/h3-11,16,21H,12-13H2,1-2H3,(H,28,31)(H,26,27,29)/t16-,21-/m0/s1. The molecule has 0 fully saturated rings. The Morgan fingerprint density at radius 3 is 2.55 bits per heavy atom. The number of alkyl carbamates (subject to hydrolysis) is 1. The van der Waals surface area contributed by atoms with E-state index >= 15 is 0 Å². The first-order chi connectivity index (χ1) is 15.9. The number of nitrogens with one attached hydrogen (secondary N) is 2. The molecule has 0 unspecified atom stereocenters. The van der Waals surface area contributed by atoms with Gasteiger partial charge in [0.25, 0.3) is 0 Å². The first-order valence-electron chi connectivity index (χ1n) is 10.3. The zero-order valence-electron chi connectivity index (χ0n) is 18.1. The number of anilines is 1. The lowest BCUT2D eigenvalue weighted by atomic mass is 9.91. The van der Waals surface area contributed by atoms with Gasteiger partial charge in [0.15, 0.2) is 5.82 Å². The summed E-state index contributed by atoms with van der Waals surface area (Å²) in [5.41, 5.74) is 0.620. The van der Waals surface area contributed by atoms with Crippen molar-refractivity contribution in [3.63, 3.8) is 0 Å². The van der Waals surface area contributed by atoms with Crippen LogP contribution >= 0.6 is 0 Å². The van der Waals surface area contributed by atoms with Crippen LogP contribution < -0.4 is 15.4 Å². The van der Waals surface area contributed by atoms with E-state index in [2.05, 4.69) is 20.7 Å². The summed E-state index contributed by atoms with van der Waals surface area (Å²) in [6, 6.07) is 12.2. The van der Waals surface area contributed by atoms with Crippen LogP contribution in [0.2, 0.25) is 0 Å². The number of carbonyl (C=O) groups excluding carboxylic acids is 1. The smallest absolute Gasteiger partial charge is 0.408 e. The van der Waals surface area contributed by atoms with Crippen molar-refractivity contribution in [2.24, 2.45) is 12.0 Å². The molecule has 2 heterocycles. The van der Waals surface area contributed by atoms with Crippen molar-refractivity contribution in [3.05, 3.63) is 77.5 Å². The summed E-state index contributed by atoms with van der Waals surface area (Å²) in [4.78, 5) is 17.0. The molecule has 0 bridgehead atoms. The Labute approximate surface area is 189 Å². The van der Waals surface area contributed by atoms with Gasteiger partial charge in [0.2, 0.25) is 0 Å². The minimum absolute atomic E-state index is 0.0511. The molecule has 2 atom stereocenters. The van der Waals surface area contributed by atoms with Crippen molar-refractivity contribution < 1.29 is 23.0 Å². The summed E-state index contributed by atoms with van der Waals surface area (Å²) in [6.07, 6.45) is 0.995. The molecule has 1 amide bonds. The van der Waals surface area contributed by atoms with Crippen molar-refractivity contribution in [3.8, 4) is 5.75 Å². The second kappa shape index (κ2) is 9.68. The third kappa shape index (κ3) is 5.11. The Balaban J connectivity index is 1.56. The number of amidine groups is 1. The Hall–Kier alpha value is -3.95. The number of ether oxygens (including phenoxy) is 2. The van der Waals surface area contributed by atoms with Crippen molar-refractivity contribution in [2.75, 3.05) is 19.0 Å². The monoisotopic (exact) mass is 455 g/mol. The van der Waals surface area contributed by atoms with Gasteiger partial charge in [-0.25, -0.2) is 13.6 Å². The van der Waals surface area contributed by atoms with Crippen LogP contribution in [0.1, 0.15) is 17.0 Å². The van der Waals surface area contributed by atoms with Crippen LogP contribution in [-0.4, -0.2) is 41.4 Å². The summed E-state index contributed by atoms with van der Waals surface area (Å²) in [6.45, 7) is 0.106. The second-order valence-corrected chi connectivity index (χ2v) is 7.52. The molecular formula is C23H23F2N5O3. The summed E-state index contributed by atoms with van der Waals surface area (Å²) in [5.74, 6) is -1.49. The van der Waals surface area contributed by atoms with E-state index in [-0.39, 0.29) is 24.5 Å². The second-order valence-electron chi connectivity index (χ2n) is 7.52. The maximum Gasteiger partial charge on any atom is 0.408 e. The van der Waals surface area contributed by atoms with E-state index < -0.39 is 29.7 Å². The molecule has 1 aliphatic rings. The van der Waals surface area contributed by atoms with Crippen molar-refractivity contribution in [1.82, 2.24) is 15.1 Å². The molecule has 0 radical (unpaired) electrons. The molecule has 1 aliphatic heterocycles.